The molecule has 1 aromatic rings. The summed E-state index contributed by atoms with van der Waals surface area (Å²) < 4.78 is 5.18. The number of hydrogen-bond donors (Lipinski definition) is 3. The van der Waals surface area contributed by atoms with Gasteiger partial charge < -0.3 is 20.3 Å². The SMILES string of the molecule is CC(C)c1cc(CNC(=O)NC2CCCC2(C)CO)on1. The number of aromatic nitrogens is 1. The maximum Gasteiger partial charge on any atom is 0.315 e. The molecule has 0 aliphatic heterocycles. The predicted octanol–water partition coefficient (Wildman–Crippen LogP) is 2.15. The van der Waals surface area contributed by atoms with Gasteiger partial charge in [-0.25, -0.2) is 4.79 Å². The number of hydrogen-bond acceptors (Lipinski definition) is 4. The first-order chi connectivity index (χ1) is 9.94. The van der Waals surface area contributed by atoms with E-state index in [1.807, 2.05) is 26.8 Å². The Morgan fingerprint density at radius 3 is 3.00 bits per heavy atom. The van der Waals surface area contributed by atoms with Crippen molar-refractivity contribution in [3.05, 3.63) is 17.5 Å². The van der Waals surface area contributed by atoms with Gasteiger partial charge in [-0.05, 0) is 18.8 Å². The first-order valence-corrected chi connectivity index (χ1v) is 7.55. The Balaban J connectivity index is 1.82. The van der Waals surface area contributed by atoms with Crippen molar-refractivity contribution in [3.63, 3.8) is 0 Å². The molecule has 0 bridgehead atoms. The van der Waals surface area contributed by atoms with Crippen LogP contribution in [0.25, 0.3) is 0 Å². The molecule has 1 aromatic heterocycles. The predicted molar refractivity (Wildman–Crippen MR) is 78.8 cm³/mol. The van der Waals surface area contributed by atoms with E-state index >= 15 is 0 Å². The van der Waals surface area contributed by atoms with Gasteiger partial charge in [-0.2, -0.15) is 0 Å². The van der Waals surface area contributed by atoms with Crippen molar-refractivity contribution >= 4 is 6.03 Å². The molecule has 3 N–H and O–H groups in total. The lowest BCUT2D eigenvalue weighted by atomic mass is 9.86. The number of rotatable bonds is 5. The molecule has 6 heteroatoms. The molecule has 118 valence electrons. The van der Waals surface area contributed by atoms with Crippen molar-refractivity contribution in [1.82, 2.24) is 15.8 Å². The number of carbonyl (C=O) groups is 1. The average Bonchev–Trinajstić information content (AvgIpc) is 3.05. The molecule has 1 heterocycles. The van der Waals surface area contributed by atoms with Crippen molar-refractivity contribution in [1.29, 1.82) is 0 Å². The normalized spacial score (nSPS) is 25.3. The molecule has 6 nitrogen and oxygen atoms in total. The molecule has 0 radical (unpaired) electrons. The molecular weight excluding hydrogens is 270 g/mol. The smallest absolute Gasteiger partial charge is 0.315 e. The quantitative estimate of drug-likeness (QED) is 0.776. The van der Waals surface area contributed by atoms with Gasteiger partial charge in [0.1, 0.15) is 0 Å². The Kier molecular flexibility index (Phi) is 4.88. The molecule has 0 saturated heterocycles. The third-order valence-corrected chi connectivity index (χ3v) is 4.34. The third kappa shape index (κ3) is 3.75. The highest BCUT2D eigenvalue weighted by Crippen LogP contribution is 2.37. The van der Waals surface area contributed by atoms with Gasteiger partial charge >= 0.3 is 6.03 Å². The first kappa shape index (κ1) is 15.8. The lowest BCUT2D eigenvalue weighted by Gasteiger charge is -2.30. The summed E-state index contributed by atoms with van der Waals surface area (Å²) in [5.41, 5.74) is 0.671. The highest BCUT2D eigenvalue weighted by atomic mass is 16.5. The topological polar surface area (TPSA) is 87.4 Å². The van der Waals surface area contributed by atoms with Gasteiger partial charge in [0.05, 0.1) is 18.8 Å². The van der Waals surface area contributed by atoms with Crippen LogP contribution in [0.4, 0.5) is 4.79 Å². The van der Waals surface area contributed by atoms with Crippen LogP contribution in [-0.2, 0) is 6.54 Å². The van der Waals surface area contributed by atoms with Crippen LogP contribution in [0.5, 0.6) is 0 Å². The van der Waals surface area contributed by atoms with Gasteiger partial charge in [0.2, 0.25) is 0 Å². The van der Waals surface area contributed by atoms with E-state index in [9.17, 15) is 9.90 Å². The molecule has 2 unspecified atom stereocenters. The Labute approximate surface area is 125 Å². The molecule has 1 saturated carbocycles. The zero-order chi connectivity index (χ0) is 15.5. The molecule has 21 heavy (non-hydrogen) atoms. The van der Waals surface area contributed by atoms with Gasteiger partial charge in [-0.1, -0.05) is 32.3 Å². The highest BCUT2D eigenvalue weighted by molar-refractivity contribution is 5.74. The second-order valence-corrected chi connectivity index (χ2v) is 6.46. The summed E-state index contributed by atoms with van der Waals surface area (Å²) in [6.45, 7) is 6.50. The van der Waals surface area contributed by atoms with Gasteiger partial charge in [0, 0.05) is 17.5 Å². The van der Waals surface area contributed by atoms with Crippen LogP contribution in [-0.4, -0.2) is 28.9 Å². The van der Waals surface area contributed by atoms with Crippen LogP contribution >= 0.6 is 0 Å². The summed E-state index contributed by atoms with van der Waals surface area (Å²) >= 11 is 0. The van der Waals surface area contributed by atoms with Crippen molar-refractivity contribution < 1.29 is 14.4 Å². The minimum atomic E-state index is -0.232. The molecular formula is C15H25N3O3. The lowest BCUT2D eigenvalue weighted by molar-refractivity contribution is 0.121. The van der Waals surface area contributed by atoms with Crippen LogP contribution in [0.1, 0.15) is 57.4 Å². The Morgan fingerprint density at radius 1 is 1.62 bits per heavy atom. The van der Waals surface area contributed by atoms with Crippen molar-refractivity contribution in [2.24, 2.45) is 5.41 Å². The van der Waals surface area contributed by atoms with Crippen molar-refractivity contribution in [2.45, 2.75) is 58.5 Å². The van der Waals surface area contributed by atoms with Crippen molar-refractivity contribution in [2.75, 3.05) is 6.61 Å². The zero-order valence-corrected chi connectivity index (χ0v) is 13.0. The van der Waals surface area contributed by atoms with E-state index in [1.54, 1.807) is 0 Å². The highest BCUT2D eigenvalue weighted by Gasteiger charge is 2.39. The largest absolute Gasteiger partial charge is 0.396 e. The lowest BCUT2D eigenvalue weighted by Crippen LogP contribution is -2.48. The van der Waals surface area contributed by atoms with Gasteiger partial charge in [-0.15, -0.1) is 0 Å². The fourth-order valence-electron chi connectivity index (χ4n) is 2.73. The zero-order valence-electron chi connectivity index (χ0n) is 13.0. The van der Waals surface area contributed by atoms with E-state index in [4.69, 9.17) is 4.52 Å². The van der Waals surface area contributed by atoms with E-state index in [0.29, 0.717) is 18.2 Å². The maximum absolute atomic E-state index is 12.0. The standard InChI is InChI=1S/C15H25N3O3/c1-10(2)12-7-11(21-18-12)8-16-14(20)17-13-5-4-6-15(13,3)9-19/h7,10,13,19H,4-6,8-9H2,1-3H3,(H2,16,17,20). The van der Waals surface area contributed by atoms with E-state index in [1.165, 1.54) is 0 Å². The minimum absolute atomic E-state index is 0.0171. The number of nitrogens with one attached hydrogen (secondary N) is 2. The van der Waals surface area contributed by atoms with E-state index in [0.717, 1.165) is 25.0 Å². The van der Waals surface area contributed by atoms with E-state index in [-0.39, 0.29) is 24.1 Å². The maximum atomic E-state index is 12.0. The van der Waals surface area contributed by atoms with E-state index in [2.05, 4.69) is 15.8 Å². The van der Waals surface area contributed by atoms with Crippen LogP contribution in [0.15, 0.2) is 10.6 Å². The van der Waals surface area contributed by atoms with Crippen LogP contribution < -0.4 is 10.6 Å². The first-order valence-electron chi connectivity index (χ1n) is 7.55. The summed E-state index contributed by atoms with van der Waals surface area (Å²) in [7, 11) is 0. The summed E-state index contributed by atoms with van der Waals surface area (Å²) in [5.74, 6) is 0.949. The Morgan fingerprint density at radius 2 is 2.38 bits per heavy atom. The molecule has 2 atom stereocenters. The van der Waals surface area contributed by atoms with Crippen LogP contribution in [0.3, 0.4) is 0 Å². The van der Waals surface area contributed by atoms with Gasteiger partial charge in [0.15, 0.2) is 5.76 Å². The summed E-state index contributed by atoms with van der Waals surface area (Å²) in [6.07, 6.45) is 2.88. The van der Waals surface area contributed by atoms with Crippen LogP contribution in [0, 0.1) is 5.41 Å². The number of amides is 2. The summed E-state index contributed by atoms with van der Waals surface area (Å²) in [6, 6.07) is 1.64. The number of aliphatic hydroxyl groups excluding tert-OH is 1. The van der Waals surface area contributed by atoms with Crippen LogP contribution in [0.2, 0.25) is 0 Å². The monoisotopic (exact) mass is 295 g/mol. The number of nitrogens with zero attached hydrogens (tertiary/aromatic N) is 1. The number of urea groups is 1. The van der Waals surface area contributed by atoms with Gasteiger partial charge in [-0.3, -0.25) is 0 Å². The fourth-order valence-corrected chi connectivity index (χ4v) is 2.73. The van der Waals surface area contributed by atoms with Gasteiger partial charge in [0.25, 0.3) is 0 Å². The minimum Gasteiger partial charge on any atom is -0.396 e. The molecule has 1 aliphatic carbocycles. The number of aliphatic hydroxyl groups is 1. The fraction of sp³-hybridized carbons (Fsp3) is 0.733. The second-order valence-electron chi connectivity index (χ2n) is 6.46. The molecule has 0 aromatic carbocycles. The third-order valence-electron chi connectivity index (χ3n) is 4.34. The second kappa shape index (κ2) is 6.47. The Bertz CT molecular complexity index is 486. The Hall–Kier alpha value is -1.56. The summed E-state index contributed by atoms with van der Waals surface area (Å²) in [5, 5.41) is 19.2. The molecule has 2 amide bonds. The molecule has 1 fully saturated rings. The molecule has 2 rings (SSSR count). The number of carbonyl (C=O) groups excluding carboxylic acids is 1. The van der Waals surface area contributed by atoms with Crippen molar-refractivity contribution in [3.8, 4) is 0 Å². The average molecular weight is 295 g/mol. The van der Waals surface area contributed by atoms with E-state index < -0.39 is 0 Å². The molecule has 1 aliphatic rings. The summed E-state index contributed by atoms with van der Waals surface area (Å²) in [4.78, 5) is 12.0. The molecule has 0 spiro atoms.